The van der Waals surface area contributed by atoms with E-state index in [1.165, 1.54) is 6.92 Å². The topological polar surface area (TPSA) is 62.0 Å². The van der Waals surface area contributed by atoms with Crippen molar-refractivity contribution >= 4 is 22.6 Å². The lowest BCUT2D eigenvalue weighted by Gasteiger charge is -2.21. The predicted molar refractivity (Wildman–Crippen MR) is 84.1 cm³/mol. The number of amides is 1. The molecule has 1 amide bonds. The Labute approximate surface area is 124 Å². The fourth-order valence-electron chi connectivity index (χ4n) is 2.56. The Bertz CT molecular complexity index is 645. The molecule has 2 atom stereocenters. The fraction of sp³-hybridized carbons (Fsp3) is 0.412. The highest BCUT2D eigenvalue weighted by atomic mass is 16.2. The summed E-state index contributed by atoms with van der Waals surface area (Å²) in [7, 11) is 0. The van der Waals surface area contributed by atoms with Crippen molar-refractivity contribution in [2.75, 3.05) is 0 Å². The normalized spacial score (nSPS) is 13.9. The van der Waals surface area contributed by atoms with E-state index in [1.807, 2.05) is 44.3 Å². The summed E-state index contributed by atoms with van der Waals surface area (Å²) in [6, 6.07) is 7.49. The molecule has 0 aliphatic heterocycles. The van der Waals surface area contributed by atoms with Gasteiger partial charge in [0.25, 0.3) is 0 Å². The molecule has 1 aromatic heterocycles. The molecule has 0 bridgehead atoms. The molecule has 1 aromatic carbocycles. The number of carbonyl (C=O) groups is 2. The van der Waals surface area contributed by atoms with Crippen LogP contribution in [0.5, 0.6) is 0 Å². The molecule has 4 heteroatoms. The number of Topliss-reactive ketones (excluding diaryl/α,β-unsaturated/α-hetero) is 1. The Hall–Kier alpha value is -2.10. The number of para-hydroxylation sites is 1. The SMILES string of the molecule is CC[C@H](C)C(NC(=O)Cc1c[nH]c2ccccc12)C(C)=O. The summed E-state index contributed by atoms with van der Waals surface area (Å²) in [6.45, 7) is 5.53. The molecule has 21 heavy (non-hydrogen) atoms. The van der Waals surface area contributed by atoms with Gasteiger partial charge in [-0.15, -0.1) is 0 Å². The molecule has 2 rings (SSSR count). The van der Waals surface area contributed by atoms with Crippen LogP contribution < -0.4 is 5.32 Å². The largest absolute Gasteiger partial charge is 0.361 e. The molecule has 112 valence electrons. The van der Waals surface area contributed by atoms with Gasteiger partial charge < -0.3 is 10.3 Å². The molecule has 2 N–H and O–H groups in total. The molecular formula is C17H22N2O2. The van der Waals surface area contributed by atoms with Crippen LogP contribution in [0.2, 0.25) is 0 Å². The van der Waals surface area contributed by atoms with Gasteiger partial charge in [-0.25, -0.2) is 0 Å². The lowest BCUT2D eigenvalue weighted by Crippen LogP contribution is -2.44. The maximum absolute atomic E-state index is 12.2. The zero-order chi connectivity index (χ0) is 15.4. The van der Waals surface area contributed by atoms with E-state index < -0.39 is 6.04 Å². The van der Waals surface area contributed by atoms with Crippen molar-refractivity contribution in [3.63, 3.8) is 0 Å². The van der Waals surface area contributed by atoms with E-state index in [-0.39, 0.29) is 24.0 Å². The summed E-state index contributed by atoms with van der Waals surface area (Å²) in [5.41, 5.74) is 1.97. The summed E-state index contributed by atoms with van der Waals surface area (Å²) in [6.07, 6.45) is 3.00. The Kier molecular flexibility index (Phi) is 4.78. The number of benzene rings is 1. The number of aromatic amines is 1. The van der Waals surface area contributed by atoms with Gasteiger partial charge >= 0.3 is 0 Å². The number of aromatic nitrogens is 1. The molecular weight excluding hydrogens is 264 g/mol. The van der Waals surface area contributed by atoms with Crippen LogP contribution in [0.15, 0.2) is 30.5 Å². The van der Waals surface area contributed by atoms with Crippen LogP contribution in [0.25, 0.3) is 10.9 Å². The van der Waals surface area contributed by atoms with Crippen molar-refractivity contribution in [3.05, 3.63) is 36.0 Å². The van der Waals surface area contributed by atoms with Gasteiger partial charge in [0.2, 0.25) is 5.91 Å². The molecule has 0 radical (unpaired) electrons. The first-order valence-corrected chi connectivity index (χ1v) is 7.37. The van der Waals surface area contributed by atoms with Gasteiger partial charge in [0.1, 0.15) is 0 Å². The second-order valence-corrected chi connectivity index (χ2v) is 5.58. The Balaban J connectivity index is 2.09. The summed E-state index contributed by atoms with van der Waals surface area (Å²) >= 11 is 0. The predicted octanol–water partition coefficient (Wildman–Crippen LogP) is 2.83. The number of H-pyrrole nitrogens is 1. The number of nitrogens with one attached hydrogen (secondary N) is 2. The Morgan fingerprint density at radius 2 is 2.00 bits per heavy atom. The van der Waals surface area contributed by atoms with Crippen molar-refractivity contribution in [2.24, 2.45) is 5.92 Å². The maximum atomic E-state index is 12.2. The number of hydrogen-bond acceptors (Lipinski definition) is 2. The quantitative estimate of drug-likeness (QED) is 0.857. The Morgan fingerprint density at radius 3 is 2.67 bits per heavy atom. The van der Waals surface area contributed by atoms with Crippen molar-refractivity contribution in [1.82, 2.24) is 10.3 Å². The first kappa shape index (κ1) is 15.3. The maximum Gasteiger partial charge on any atom is 0.225 e. The molecule has 1 heterocycles. The summed E-state index contributed by atoms with van der Waals surface area (Å²) in [5, 5.41) is 3.92. The number of hydrogen-bond donors (Lipinski definition) is 2. The molecule has 0 fully saturated rings. The minimum atomic E-state index is -0.396. The van der Waals surface area contributed by atoms with Crippen molar-refractivity contribution in [2.45, 2.75) is 39.7 Å². The van der Waals surface area contributed by atoms with Crippen molar-refractivity contribution < 1.29 is 9.59 Å². The summed E-state index contributed by atoms with van der Waals surface area (Å²) in [4.78, 5) is 27.0. The van der Waals surface area contributed by atoms with E-state index in [2.05, 4.69) is 10.3 Å². The highest BCUT2D eigenvalue weighted by molar-refractivity contribution is 5.91. The second-order valence-electron chi connectivity index (χ2n) is 5.58. The summed E-state index contributed by atoms with van der Waals surface area (Å²) in [5.74, 6) is 0.0475. The average Bonchev–Trinajstić information content (AvgIpc) is 2.87. The van der Waals surface area contributed by atoms with E-state index in [1.54, 1.807) is 0 Å². The lowest BCUT2D eigenvalue weighted by molar-refractivity contribution is -0.127. The first-order chi connectivity index (χ1) is 10.0. The zero-order valence-corrected chi connectivity index (χ0v) is 12.8. The molecule has 0 aliphatic carbocycles. The standard InChI is InChI=1S/C17H22N2O2/c1-4-11(2)17(12(3)20)19-16(21)9-13-10-18-15-8-6-5-7-14(13)15/h5-8,10-11,17-18H,4,9H2,1-3H3,(H,19,21)/t11-,17?/m0/s1. The molecule has 0 saturated heterocycles. The van der Waals surface area contributed by atoms with Crippen molar-refractivity contribution in [1.29, 1.82) is 0 Å². The van der Waals surface area contributed by atoms with Gasteiger partial charge in [-0.05, 0) is 24.5 Å². The van der Waals surface area contributed by atoms with E-state index in [4.69, 9.17) is 0 Å². The van der Waals surface area contributed by atoms with Crippen LogP contribution in [0.1, 0.15) is 32.8 Å². The molecule has 1 unspecified atom stereocenters. The second kappa shape index (κ2) is 6.57. The molecule has 0 aliphatic rings. The third-order valence-electron chi connectivity index (χ3n) is 3.99. The van der Waals surface area contributed by atoms with E-state index >= 15 is 0 Å². The van der Waals surface area contributed by atoms with E-state index in [0.717, 1.165) is 22.9 Å². The van der Waals surface area contributed by atoms with Crippen LogP contribution in [0, 0.1) is 5.92 Å². The molecule has 0 saturated carbocycles. The van der Waals surface area contributed by atoms with Crippen LogP contribution in [-0.4, -0.2) is 22.7 Å². The highest BCUT2D eigenvalue weighted by Gasteiger charge is 2.22. The summed E-state index contributed by atoms with van der Waals surface area (Å²) < 4.78 is 0. The molecule has 4 nitrogen and oxygen atoms in total. The zero-order valence-electron chi connectivity index (χ0n) is 12.8. The van der Waals surface area contributed by atoms with Gasteiger partial charge in [0.05, 0.1) is 12.5 Å². The third kappa shape index (κ3) is 3.51. The highest BCUT2D eigenvalue weighted by Crippen LogP contribution is 2.18. The van der Waals surface area contributed by atoms with Gasteiger partial charge in [-0.3, -0.25) is 9.59 Å². The number of fused-ring (bicyclic) bond motifs is 1. The first-order valence-electron chi connectivity index (χ1n) is 7.37. The lowest BCUT2D eigenvalue weighted by atomic mass is 9.96. The van der Waals surface area contributed by atoms with Crippen LogP contribution in [0.4, 0.5) is 0 Å². The van der Waals surface area contributed by atoms with Gasteiger partial charge in [0.15, 0.2) is 5.78 Å². The minimum Gasteiger partial charge on any atom is -0.361 e. The monoisotopic (exact) mass is 286 g/mol. The van der Waals surface area contributed by atoms with Gasteiger partial charge in [-0.1, -0.05) is 38.5 Å². The number of rotatable bonds is 6. The number of ketones is 1. The van der Waals surface area contributed by atoms with Crippen LogP contribution in [0.3, 0.4) is 0 Å². The van der Waals surface area contributed by atoms with E-state index in [0.29, 0.717) is 0 Å². The third-order valence-corrected chi connectivity index (χ3v) is 3.99. The van der Waals surface area contributed by atoms with Crippen LogP contribution in [-0.2, 0) is 16.0 Å². The van der Waals surface area contributed by atoms with E-state index in [9.17, 15) is 9.59 Å². The van der Waals surface area contributed by atoms with Crippen molar-refractivity contribution in [3.8, 4) is 0 Å². The smallest absolute Gasteiger partial charge is 0.225 e. The van der Waals surface area contributed by atoms with Gasteiger partial charge in [0, 0.05) is 17.1 Å². The molecule has 2 aromatic rings. The average molecular weight is 286 g/mol. The fourth-order valence-corrected chi connectivity index (χ4v) is 2.56. The van der Waals surface area contributed by atoms with Gasteiger partial charge in [-0.2, -0.15) is 0 Å². The Morgan fingerprint density at radius 1 is 1.29 bits per heavy atom. The molecule has 0 spiro atoms. The number of carbonyl (C=O) groups excluding carboxylic acids is 2. The van der Waals surface area contributed by atoms with Crippen LogP contribution >= 0.6 is 0 Å². The minimum absolute atomic E-state index is 0.0108.